The summed E-state index contributed by atoms with van der Waals surface area (Å²) < 4.78 is 25.1. The smallest absolute Gasteiger partial charge is 0.160 e. The van der Waals surface area contributed by atoms with Crippen molar-refractivity contribution in [2.75, 3.05) is 5.32 Å². The Balaban J connectivity index is 2.81. The number of nitriles is 1. The van der Waals surface area contributed by atoms with Gasteiger partial charge in [-0.2, -0.15) is 5.26 Å². The molecule has 0 bridgehead atoms. The number of hydrogen-bond donors (Lipinski definition) is 1. The highest BCUT2D eigenvalue weighted by Crippen LogP contribution is 2.13. The van der Waals surface area contributed by atoms with Gasteiger partial charge < -0.3 is 5.32 Å². The average molecular weight is 182 g/mol. The molecule has 1 N–H and O–H groups in total. The zero-order chi connectivity index (χ0) is 9.84. The quantitative estimate of drug-likeness (QED) is 0.761. The van der Waals surface area contributed by atoms with E-state index < -0.39 is 17.7 Å². The van der Waals surface area contributed by atoms with Crippen LogP contribution in [0.1, 0.15) is 6.92 Å². The lowest BCUT2D eigenvalue weighted by Crippen LogP contribution is -2.12. The molecule has 2 nitrogen and oxygen atoms in total. The van der Waals surface area contributed by atoms with Crippen molar-refractivity contribution in [2.24, 2.45) is 0 Å². The second-order valence-electron chi connectivity index (χ2n) is 2.62. The Morgan fingerprint density at radius 1 is 1.38 bits per heavy atom. The van der Waals surface area contributed by atoms with Crippen molar-refractivity contribution in [1.82, 2.24) is 0 Å². The van der Waals surface area contributed by atoms with Gasteiger partial charge in [-0.15, -0.1) is 0 Å². The molecule has 0 aliphatic heterocycles. The van der Waals surface area contributed by atoms with E-state index in [0.29, 0.717) is 5.69 Å². The predicted molar refractivity (Wildman–Crippen MR) is 45.1 cm³/mol. The maximum Gasteiger partial charge on any atom is 0.160 e. The van der Waals surface area contributed by atoms with Crippen molar-refractivity contribution in [3.05, 3.63) is 29.8 Å². The zero-order valence-corrected chi connectivity index (χ0v) is 7.01. The topological polar surface area (TPSA) is 35.8 Å². The molecule has 0 amide bonds. The van der Waals surface area contributed by atoms with Crippen LogP contribution in [0.5, 0.6) is 0 Å². The van der Waals surface area contributed by atoms with Crippen molar-refractivity contribution in [1.29, 1.82) is 5.26 Å². The van der Waals surface area contributed by atoms with Crippen molar-refractivity contribution in [2.45, 2.75) is 13.0 Å². The van der Waals surface area contributed by atoms with Gasteiger partial charge in [-0.05, 0) is 19.1 Å². The molecule has 4 heteroatoms. The number of halogens is 2. The van der Waals surface area contributed by atoms with Crippen LogP contribution in [0.2, 0.25) is 0 Å². The first kappa shape index (κ1) is 9.46. The van der Waals surface area contributed by atoms with Crippen LogP contribution >= 0.6 is 0 Å². The summed E-state index contributed by atoms with van der Waals surface area (Å²) in [5.41, 5.74) is 0.396. The van der Waals surface area contributed by atoms with E-state index in [4.69, 9.17) is 5.26 Å². The molecule has 0 radical (unpaired) electrons. The Kier molecular flexibility index (Phi) is 2.80. The SMILES string of the molecule is CC(C#N)Nc1ccc(F)c(F)c1. The number of anilines is 1. The molecule has 0 aliphatic rings. The first-order valence-electron chi connectivity index (χ1n) is 3.74. The fourth-order valence-electron chi connectivity index (χ4n) is 0.868. The highest BCUT2D eigenvalue weighted by atomic mass is 19.2. The summed E-state index contributed by atoms with van der Waals surface area (Å²) in [6.45, 7) is 1.63. The normalized spacial score (nSPS) is 11.8. The first-order valence-corrected chi connectivity index (χ1v) is 3.74. The highest BCUT2D eigenvalue weighted by molar-refractivity contribution is 5.45. The molecule has 0 aromatic heterocycles. The third kappa shape index (κ3) is 2.41. The van der Waals surface area contributed by atoms with Crippen LogP contribution in [0.4, 0.5) is 14.5 Å². The predicted octanol–water partition coefficient (Wildman–Crippen LogP) is 2.29. The highest BCUT2D eigenvalue weighted by Gasteiger charge is 2.04. The average Bonchev–Trinajstić information content (AvgIpc) is 2.11. The Bertz CT molecular complexity index is 344. The Labute approximate surface area is 74.8 Å². The summed E-state index contributed by atoms with van der Waals surface area (Å²) in [6, 6.07) is 4.91. The molecule has 1 atom stereocenters. The van der Waals surface area contributed by atoms with Crippen molar-refractivity contribution in [3.8, 4) is 6.07 Å². The van der Waals surface area contributed by atoms with Crippen LogP contribution in [-0.4, -0.2) is 6.04 Å². The molecule has 68 valence electrons. The minimum absolute atomic E-state index is 0.396. The van der Waals surface area contributed by atoms with E-state index >= 15 is 0 Å². The Hall–Kier alpha value is -1.63. The number of benzene rings is 1. The minimum atomic E-state index is -0.921. The lowest BCUT2D eigenvalue weighted by Gasteiger charge is -2.07. The molecular weight excluding hydrogens is 174 g/mol. The zero-order valence-electron chi connectivity index (χ0n) is 7.01. The maximum atomic E-state index is 12.6. The van der Waals surface area contributed by atoms with Gasteiger partial charge in [0.25, 0.3) is 0 Å². The molecule has 0 aliphatic carbocycles. The summed E-state index contributed by atoms with van der Waals surface area (Å²) in [6.07, 6.45) is 0. The Morgan fingerprint density at radius 2 is 2.08 bits per heavy atom. The Morgan fingerprint density at radius 3 is 2.62 bits per heavy atom. The lowest BCUT2D eigenvalue weighted by atomic mass is 10.2. The minimum Gasteiger partial charge on any atom is -0.370 e. The van der Waals surface area contributed by atoms with Gasteiger partial charge in [-0.1, -0.05) is 0 Å². The van der Waals surface area contributed by atoms with E-state index in [1.165, 1.54) is 6.07 Å². The number of hydrogen-bond acceptors (Lipinski definition) is 2. The van der Waals surface area contributed by atoms with Crippen LogP contribution in [0, 0.1) is 23.0 Å². The van der Waals surface area contributed by atoms with Crippen LogP contribution in [0.15, 0.2) is 18.2 Å². The van der Waals surface area contributed by atoms with E-state index in [-0.39, 0.29) is 0 Å². The van der Waals surface area contributed by atoms with E-state index in [1.54, 1.807) is 6.92 Å². The van der Waals surface area contributed by atoms with Crippen molar-refractivity contribution >= 4 is 5.69 Å². The molecule has 1 rings (SSSR count). The first-order chi connectivity index (χ1) is 6.13. The molecule has 0 heterocycles. The van der Waals surface area contributed by atoms with Crippen molar-refractivity contribution < 1.29 is 8.78 Å². The van der Waals surface area contributed by atoms with E-state index in [0.717, 1.165) is 12.1 Å². The summed E-state index contributed by atoms with van der Waals surface area (Å²) >= 11 is 0. The molecule has 0 saturated carbocycles. The molecule has 1 unspecified atom stereocenters. The van der Waals surface area contributed by atoms with Gasteiger partial charge in [0.1, 0.15) is 6.04 Å². The number of nitrogens with zero attached hydrogens (tertiary/aromatic N) is 1. The fourth-order valence-corrected chi connectivity index (χ4v) is 0.868. The molecular formula is C9H8F2N2. The van der Waals surface area contributed by atoms with Gasteiger partial charge in [-0.25, -0.2) is 8.78 Å². The molecule has 0 saturated heterocycles. The van der Waals surface area contributed by atoms with Gasteiger partial charge >= 0.3 is 0 Å². The molecule has 1 aromatic carbocycles. The summed E-state index contributed by atoms with van der Waals surface area (Å²) in [5.74, 6) is -1.81. The van der Waals surface area contributed by atoms with Gasteiger partial charge in [0.2, 0.25) is 0 Å². The van der Waals surface area contributed by atoms with Gasteiger partial charge in [0, 0.05) is 11.8 Å². The molecule has 0 fully saturated rings. The maximum absolute atomic E-state index is 12.6. The second-order valence-corrected chi connectivity index (χ2v) is 2.62. The second kappa shape index (κ2) is 3.85. The monoisotopic (exact) mass is 182 g/mol. The molecule has 0 spiro atoms. The lowest BCUT2D eigenvalue weighted by molar-refractivity contribution is 0.509. The fraction of sp³-hybridized carbons (Fsp3) is 0.222. The van der Waals surface area contributed by atoms with Crippen LogP contribution in [0.25, 0.3) is 0 Å². The number of nitrogens with one attached hydrogen (secondary N) is 1. The van der Waals surface area contributed by atoms with Gasteiger partial charge in [0.05, 0.1) is 6.07 Å². The van der Waals surface area contributed by atoms with E-state index in [2.05, 4.69) is 5.32 Å². The van der Waals surface area contributed by atoms with Crippen molar-refractivity contribution in [3.63, 3.8) is 0 Å². The van der Waals surface area contributed by atoms with Crippen LogP contribution in [0.3, 0.4) is 0 Å². The van der Waals surface area contributed by atoms with E-state index in [9.17, 15) is 8.78 Å². The molecule has 1 aromatic rings. The van der Waals surface area contributed by atoms with E-state index in [1.807, 2.05) is 6.07 Å². The molecule has 13 heavy (non-hydrogen) atoms. The third-order valence-corrected chi connectivity index (χ3v) is 1.50. The van der Waals surface area contributed by atoms with Gasteiger partial charge in [0.15, 0.2) is 11.6 Å². The summed E-state index contributed by atoms with van der Waals surface area (Å²) in [5, 5.41) is 11.1. The van der Waals surface area contributed by atoms with Gasteiger partial charge in [-0.3, -0.25) is 0 Å². The largest absolute Gasteiger partial charge is 0.370 e. The third-order valence-electron chi connectivity index (χ3n) is 1.50. The van der Waals surface area contributed by atoms with Crippen LogP contribution < -0.4 is 5.32 Å². The summed E-state index contributed by atoms with van der Waals surface area (Å²) in [4.78, 5) is 0. The number of rotatable bonds is 2. The van der Waals surface area contributed by atoms with Crippen LogP contribution in [-0.2, 0) is 0 Å². The summed E-state index contributed by atoms with van der Waals surface area (Å²) in [7, 11) is 0. The standard InChI is InChI=1S/C9H8F2N2/c1-6(5-12)13-7-2-3-8(10)9(11)4-7/h2-4,6,13H,1H3.